The SMILES string of the molecule is O=C[C@@H]1C=CNN1. The molecule has 2 N–H and O–H groups in total. The molecule has 0 spiro atoms. The lowest BCUT2D eigenvalue weighted by Crippen LogP contribution is -2.30. The highest BCUT2D eigenvalue weighted by molar-refractivity contribution is 5.61. The van der Waals surface area contributed by atoms with Gasteiger partial charge >= 0.3 is 0 Å². The molecule has 0 bridgehead atoms. The lowest BCUT2D eigenvalue weighted by Gasteiger charge is -1.94. The summed E-state index contributed by atoms with van der Waals surface area (Å²) >= 11 is 0. The van der Waals surface area contributed by atoms with Gasteiger partial charge in [-0.3, -0.25) is 0 Å². The fraction of sp³-hybridized carbons (Fsp3) is 0.250. The van der Waals surface area contributed by atoms with Crippen LogP contribution < -0.4 is 10.9 Å². The third-order valence-electron chi connectivity index (χ3n) is 0.784. The van der Waals surface area contributed by atoms with Crippen molar-refractivity contribution in [2.24, 2.45) is 0 Å². The first-order chi connectivity index (χ1) is 3.43. The van der Waals surface area contributed by atoms with Gasteiger partial charge in [-0.05, 0) is 6.08 Å². The molecule has 0 aromatic carbocycles. The average molecular weight is 98.1 g/mol. The Labute approximate surface area is 41.4 Å². The molecule has 0 aromatic rings. The van der Waals surface area contributed by atoms with E-state index in [1.165, 1.54) is 0 Å². The van der Waals surface area contributed by atoms with Gasteiger partial charge in [0.2, 0.25) is 0 Å². The van der Waals surface area contributed by atoms with E-state index in [2.05, 4.69) is 10.9 Å². The van der Waals surface area contributed by atoms with Gasteiger partial charge in [0.25, 0.3) is 0 Å². The summed E-state index contributed by atoms with van der Waals surface area (Å²) in [5, 5.41) is 0. The summed E-state index contributed by atoms with van der Waals surface area (Å²) in [6.07, 6.45) is 4.27. The van der Waals surface area contributed by atoms with Crippen LogP contribution in [0.1, 0.15) is 0 Å². The summed E-state index contributed by atoms with van der Waals surface area (Å²) in [6, 6.07) is -0.125. The zero-order valence-electron chi connectivity index (χ0n) is 3.72. The Morgan fingerprint density at radius 1 is 1.71 bits per heavy atom. The van der Waals surface area contributed by atoms with E-state index in [0.29, 0.717) is 0 Å². The summed E-state index contributed by atoms with van der Waals surface area (Å²) in [6.45, 7) is 0. The van der Waals surface area contributed by atoms with Crippen molar-refractivity contribution in [3.63, 3.8) is 0 Å². The van der Waals surface area contributed by atoms with Crippen LogP contribution in [0.25, 0.3) is 0 Å². The molecule has 1 aliphatic rings. The second kappa shape index (κ2) is 1.75. The normalized spacial score (nSPS) is 27.1. The van der Waals surface area contributed by atoms with E-state index in [-0.39, 0.29) is 6.04 Å². The van der Waals surface area contributed by atoms with Crippen molar-refractivity contribution in [2.45, 2.75) is 6.04 Å². The van der Waals surface area contributed by atoms with Crippen molar-refractivity contribution < 1.29 is 4.79 Å². The van der Waals surface area contributed by atoms with Crippen molar-refractivity contribution >= 4 is 6.29 Å². The van der Waals surface area contributed by atoms with Crippen LogP contribution in [0.15, 0.2) is 12.3 Å². The maximum Gasteiger partial charge on any atom is 0.142 e. The van der Waals surface area contributed by atoms with Crippen LogP contribution in [0.5, 0.6) is 0 Å². The molecule has 0 aromatic heterocycles. The molecular formula is C4H6N2O. The fourth-order valence-corrected chi connectivity index (χ4v) is 0.424. The van der Waals surface area contributed by atoms with Gasteiger partial charge in [0.15, 0.2) is 0 Å². The van der Waals surface area contributed by atoms with E-state index < -0.39 is 0 Å². The second-order valence-corrected chi connectivity index (χ2v) is 1.31. The molecule has 1 heterocycles. The van der Waals surface area contributed by atoms with Gasteiger partial charge in [-0.15, -0.1) is 0 Å². The molecule has 0 fully saturated rings. The molecule has 7 heavy (non-hydrogen) atoms. The van der Waals surface area contributed by atoms with Gasteiger partial charge in [0, 0.05) is 6.20 Å². The summed E-state index contributed by atoms with van der Waals surface area (Å²) in [5.41, 5.74) is 5.34. The number of aldehydes is 1. The van der Waals surface area contributed by atoms with Crippen LogP contribution in [0.4, 0.5) is 0 Å². The van der Waals surface area contributed by atoms with Gasteiger partial charge < -0.3 is 10.2 Å². The predicted molar refractivity (Wildman–Crippen MR) is 25.3 cm³/mol. The first-order valence-corrected chi connectivity index (χ1v) is 2.06. The van der Waals surface area contributed by atoms with Gasteiger partial charge in [0.1, 0.15) is 12.3 Å². The lowest BCUT2D eigenvalue weighted by atomic mass is 10.4. The smallest absolute Gasteiger partial charge is 0.142 e. The van der Waals surface area contributed by atoms with Crippen molar-refractivity contribution in [3.8, 4) is 0 Å². The summed E-state index contributed by atoms with van der Waals surface area (Å²) in [7, 11) is 0. The average Bonchev–Trinajstić information content (AvgIpc) is 2.14. The van der Waals surface area contributed by atoms with Crippen LogP contribution in [-0.2, 0) is 4.79 Å². The molecule has 0 radical (unpaired) electrons. The Kier molecular flexibility index (Phi) is 1.08. The molecule has 38 valence electrons. The van der Waals surface area contributed by atoms with Crippen LogP contribution in [-0.4, -0.2) is 12.3 Å². The molecular weight excluding hydrogens is 92.1 g/mol. The number of hydrogen-bond acceptors (Lipinski definition) is 3. The van der Waals surface area contributed by atoms with E-state index in [0.717, 1.165) is 6.29 Å². The second-order valence-electron chi connectivity index (χ2n) is 1.31. The van der Waals surface area contributed by atoms with E-state index in [9.17, 15) is 4.79 Å². The third-order valence-corrected chi connectivity index (χ3v) is 0.784. The molecule has 3 heteroatoms. The highest BCUT2D eigenvalue weighted by atomic mass is 16.1. The van der Waals surface area contributed by atoms with Gasteiger partial charge in [-0.1, -0.05) is 0 Å². The maximum atomic E-state index is 9.85. The molecule has 0 unspecified atom stereocenters. The first-order valence-electron chi connectivity index (χ1n) is 2.06. The molecule has 0 amide bonds. The Morgan fingerprint density at radius 3 is 2.86 bits per heavy atom. The highest BCUT2D eigenvalue weighted by Crippen LogP contribution is 1.82. The van der Waals surface area contributed by atoms with E-state index in [1.807, 2.05) is 0 Å². The zero-order valence-corrected chi connectivity index (χ0v) is 3.72. The van der Waals surface area contributed by atoms with E-state index >= 15 is 0 Å². The molecule has 1 atom stereocenters. The number of carbonyl (C=O) groups excluding carboxylic acids is 1. The highest BCUT2D eigenvalue weighted by Gasteiger charge is 2.02. The molecule has 1 aliphatic heterocycles. The van der Waals surface area contributed by atoms with Crippen LogP contribution in [0.2, 0.25) is 0 Å². The van der Waals surface area contributed by atoms with Gasteiger partial charge in [-0.2, -0.15) is 0 Å². The van der Waals surface area contributed by atoms with Crippen LogP contribution >= 0.6 is 0 Å². The number of hydrogen-bond donors (Lipinski definition) is 2. The molecule has 3 nitrogen and oxygen atoms in total. The quantitative estimate of drug-likeness (QED) is 0.421. The minimum Gasteiger partial charge on any atom is -0.328 e. The Bertz CT molecular complexity index is 99.9. The Morgan fingerprint density at radius 2 is 2.57 bits per heavy atom. The first kappa shape index (κ1) is 4.33. The van der Waals surface area contributed by atoms with Crippen LogP contribution in [0.3, 0.4) is 0 Å². The Balaban J connectivity index is 2.42. The minimum atomic E-state index is -0.125. The van der Waals surface area contributed by atoms with Gasteiger partial charge in [0.05, 0.1) is 0 Å². The van der Waals surface area contributed by atoms with Gasteiger partial charge in [-0.25, -0.2) is 5.43 Å². The predicted octanol–water partition coefficient (Wildman–Crippen LogP) is -0.825. The van der Waals surface area contributed by atoms with Crippen LogP contribution in [0, 0.1) is 0 Å². The minimum absolute atomic E-state index is 0.125. The monoisotopic (exact) mass is 98.0 g/mol. The summed E-state index contributed by atoms with van der Waals surface area (Å²) < 4.78 is 0. The summed E-state index contributed by atoms with van der Waals surface area (Å²) in [5.74, 6) is 0. The standard InChI is InChI=1S/C4H6N2O/c7-3-4-1-2-5-6-4/h1-6H/t4-/m0/s1. The van der Waals surface area contributed by atoms with Crippen molar-refractivity contribution in [1.29, 1.82) is 0 Å². The summed E-state index contributed by atoms with van der Waals surface area (Å²) in [4.78, 5) is 9.85. The molecule has 1 rings (SSSR count). The zero-order chi connectivity index (χ0) is 5.11. The van der Waals surface area contributed by atoms with Crippen molar-refractivity contribution in [1.82, 2.24) is 10.9 Å². The molecule has 0 aliphatic carbocycles. The molecule has 0 saturated carbocycles. The number of nitrogens with one attached hydrogen (secondary N) is 2. The fourth-order valence-electron chi connectivity index (χ4n) is 0.424. The van der Waals surface area contributed by atoms with Crippen molar-refractivity contribution in [2.75, 3.05) is 0 Å². The third kappa shape index (κ3) is 0.778. The molecule has 0 saturated heterocycles. The topological polar surface area (TPSA) is 41.1 Å². The lowest BCUT2D eigenvalue weighted by molar-refractivity contribution is -0.108. The maximum absolute atomic E-state index is 9.85. The largest absolute Gasteiger partial charge is 0.328 e. The number of carbonyl (C=O) groups is 1. The number of rotatable bonds is 1. The van der Waals surface area contributed by atoms with E-state index in [4.69, 9.17) is 0 Å². The Hall–Kier alpha value is -0.830. The van der Waals surface area contributed by atoms with Crippen molar-refractivity contribution in [3.05, 3.63) is 12.3 Å². The van der Waals surface area contributed by atoms with E-state index in [1.54, 1.807) is 12.3 Å². The number of hydrazine groups is 1.